The van der Waals surface area contributed by atoms with Crippen molar-refractivity contribution < 1.29 is 4.79 Å². The lowest BCUT2D eigenvalue weighted by Gasteiger charge is -2.12. The van der Waals surface area contributed by atoms with Gasteiger partial charge in [0, 0.05) is 30.8 Å². The molecule has 1 fully saturated rings. The summed E-state index contributed by atoms with van der Waals surface area (Å²) >= 11 is 0. The molecule has 0 aromatic carbocycles. The maximum Gasteiger partial charge on any atom is 0.220 e. The minimum Gasteiger partial charge on any atom is -0.368 e. The van der Waals surface area contributed by atoms with Gasteiger partial charge in [-0.1, -0.05) is 6.92 Å². The van der Waals surface area contributed by atoms with Gasteiger partial charge >= 0.3 is 0 Å². The normalized spacial score (nSPS) is 19.2. The fourth-order valence-electron chi connectivity index (χ4n) is 1.96. The Kier molecular flexibility index (Phi) is 3.56. The van der Waals surface area contributed by atoms with Crippen LogP contribution in [0.4, 0.5) is 5.82 Å². The number of hydrogen-bond acceptors (Lipinski definition) is 4. The molecule has 2 heterocycles. The highest BCUT2D eigenvalue weighted by Gasteiger charge is 2.20. The molecular formula is C12H18N4O. The Morgan fingerprint density at radius 2 is 2.35 bits per heavy atom. The second-order valence-corrected chi connectivity index (χ2v) is 4.33. The number of nitrogens with one attached hydrogen (secondary N) is 2. The van der Waals surface area contributed by atoms with E-state index in [1.54, 1.807) is 0 Å². The second kappa shape index (κ2) is 5.12. The Morgan fingerprint density at radius 3 is 3.00 bits per heavy atom. The quantitative estimate of drug-likeness (QED) is 0.816. The van der Waals surface area contributed by atoms with Crippen molar-refractivity contribution in [3.8, 4) is 0 Å². The summed E-state index contributed by atoms with van der Waals surface area (Å²) in [6.07, 6.45) is 2.43. The molecule has 1 atom stereocenters. The number of aryl methyl sites for hydroxylation is 2. The van der Waals surface area contributed by atoms with Crippen LogP contribution in [0.2, 0.25) is 0 Å². The maximum atomic E-state index is 11.1. The van der Waals surface area contributed by atoms with E-state index in [4.69, 9.17) is 0 Å². The predicted molar refractivity (Wildman–Crippen MR) is 65.8 cm³/mol. The first kappa shape index (κ1) is 11.8. The zero-order valence-corrected chi connectivity index (χ0v) is 10.3. The molecule has 0 spiro atoms. The third-order valence-electron chi connectivity index (χ3n) is 2.87. The lowest BCUT2D eigenvalue weighted by molar-refractivity contribution is -0.119. The van der Waals surface area contributed by atoms with Gasteiger partial charge in [-0.05, 0) is 19.8 Å². The van der Waals surface area contributed by atoms with Crippen molar-refractivity contribution in [2.75, 3.05) is 11.9 Å². The smallest absolute Gasteiger partial charge is 0.220 e. The third kappa shape index (κ3) is 3.15. The number of aromatic nitrogens is 2. The van der Waals surface area contributed by atoms with Crippen LogP contribution in [-0.2, 0) is 11.2 Å². The number of anilines is 1. The number of nitrogens with zero attached hydrogens (tertiary/aromatic N) is 2. The van der Waals surface area contributed by atoms with E-state index in [1.165, 1.54) is 0 Å². The molecular weight excluding hydrogens is 216 g/mol. The average molecular weight is 234 g/mol. The van der Waals surface area contributed by atoms with E-state index in [9.17, 15) is 4.79 Å². The van der Waals surface area contributed by atoms with Gasteiger partial charge in [0.25, 0.3) is 0 Å². The minimum absolute atomic E-state index is 0.143. The molecule has 2 N–H and O–H groups in total. The summed E-state index contributed by atoms with van der Waals surface area (Å²) in [6, 6.07) is 2.19. The van der Waals surface area contributed by atoms with Crippen LogP contribution >= 0.6 is 0 Å². The molecule has 1 unspecified atom stereocenters. The summed E-state index contributed by atoms with van der Waals surface area (Å²) in [5, 5.41) is 6.18. The predicted octanol–water partition coefficient (Wildman–Crippen LogP) is 1.04. The van der Waals surface area contributed by atoms with Crippen molar-refractivity contribution in [2.45, 2.75) is 39.2 Å². The van der Waals surface area contributed by atoms with Crippen molar-refractivity contribution in [2.24, 2.45) is 0 Å². The maximum absolute atomic E-state index is 11.1. The van der Waals surface area contributed by atoms with Gasteiger partial charge in [0.1, 0.15) is 11.6 Å². The van der Waals surface area contributed by atoms with Gasteiger partial charge in [0.15, 0.2) is 0 Å². The van der Waals surface area contributed by atoms with Crippen molar-refractivity contribution in [3.63, 3.8) is 0 Å². The van der Waals surface area contributed by atoms with Gasteiger partial charge in [-0.3, -0.25) is 4.79 Å². The number of carbonyl (C=O) groups excluding carboxylic acids is 1. The molecule has 0 radical (unpaired) electrons. The Balaban J connectivity index is 1.94. The highest BCUT2D eigenvalue weighted by Crippen LogP contribution is 2.10. The van der Waals surface area contributed by atoms with E-state index in [2.05, 4.69) is 27.5 Å². The first-order valence-electron chi connectivity index (χ1n) is 6.05. The van der Waals surface area contributed by atoms with Crippen LogP contribution in [0.5, 0.6) is 0 Å². The van der Waals surface area contributed by atoms with Crippen LogP contribution < -0.4 is 10.6 Å². The summed E-state index contributed by atoms with van der Waals surface area (Å²) in [7, 11) is 0. The highest BCUT2D eigenvalue weighted by molar-refractivity contribution is 5.78. The minimum atomic E-state index is 0.143. The summed E-state index contributed by atoms with van der Waals surface area (Å²) in [5.74, 6) is 1.77. The molecule has 1 saturated heterocycles. The second-order valence-electron chi connectivity index (χ2n) is 4.33. The molecule has 1 aliphatic rings. The van der Waals surface area contributed by atoms with Crippen LogP contribution in [-0.4, -0.2) is 28.5 Å². The van der Waals surface area contributed by atoms with Crippen molar-refractivity contribution >= 4 is 11.7 Å². The van der Waals surface area contributed by atoms with E-state index < -0.39 is 0 Å². The van der Waals surface area contributed by atoms with Gasteiger partial charge in [-0.25, -0.2) is 9.97 Å². The Hall–Kier alpha value is -1.65. The van der Waals surface area contributed by atoms with Gasteiger partial charge in [-0.15, -0.1) is 0 Å². The first-order chi connectivity index (χ1) is 8.17. The van der Waals surface area contributed by atoms with E-state index in [0.29, 0.717) is 6.42 Å². The third-order valence-corrected chi connectivity index (χ3v) is 2.87. The number of amides is 1. The molecule has 1 aromatic heterocycles. The molecule has 0 saturated carbocycles. The van der Waals surface area contributed by atoms with Crippen LogP contribution in [0.25, 0.3) is 0 Å². The van der Waals surface area contributed by atoms with E-state index in [0.717, 1.165) is 36.7 Å². The lowest BCUT2D eigenvalue weighted by atomic mass is 10.2. The summed E-state index contributed by atoms with van der Waals surface area (Å²) in [4.78, 5) is 19.7. The Labute approximate surface area is 101 Å². The zero-order valence-electron chi connectivity index (χ0n) is 10.3. The molecule has 1 aliphatic heterocycles. The van der Waals surface area contributed by atoms with Gasteiger partial charge in [-0.2, -0.15) is 0 Å². The standard InChI is InChI=1S/C12H18N4O/c1-3-9-6-11(15-8(2)14-9)13-7-10-4-5-12(17)16-10/h6,10H,3-5,7H2,1-2H3,(H,16,17)(H,13,14,15). The Morgan fingerprint density at radius 1 is 1.53 bits per heavy atom. The van der Waals surface area contributed by atoms with Gasteiger partial charge in [0.05, 0.1) is 0 Å². The van der Waals surface area contributed by atoms with E-state index in [-0.39, 0.29) is 11.9 Å². The molecule has 1 aromatic rings. The van der Waals surface area contributed by atoms with Crippen molar-refractivity contribution in [1.29, 1.82) is 0 Å². The van der Waals surface area contributed by atoms with E-state index in [1.807, 2.05) is 13.0 Å². The number of rotatable bonds is 4. The zero-order chi connectivity index (χ0) is 12.3. The summed E-state index contributed by atoms with van der Waals surface area (Å²) in [6.45, 7) is 4.69. The molecule has 17 heavy (non-hydrogen) atoms. The fourth-order valence-corrected chi connectivity index (χ4v) is 1.96. The van der Waals surface area contributed by atoms with Crippen LogP contribution in [0.3, 0.4) is 0 Å². The fraction of sp³-hybridized carbons (Fsp3) is 0.583. The topological polar surface area (TPSA) is 66.9 Å². The molecule has 5 nitrogen and oxygen atoms in total. The van der Waals surface area contributed by atoms with Crippen LogP contribution in [0.1, 0.15) is 31.3 Å². The lowest BCUT2D eigenvalue weighted by Crippen LogP contribution is -2.32. The van der Waals surface area contributed by atoms with Gasteiger partial charge < -0.3 is 10.6 Å². The SMILES string of the molecule is CCc1cc(NCC2CCC(=O)N2)nc(C)n1. The van der Waals surface area contributed by atoms with Crippen LogP contribution in [0, 0.1) is 6.92 Å². The Bertz CT molecular complexity index is 419. The summed E-state index contributed by atoms with van der Waals surface area (Å²) < 4.78 is 0. The van der Waals surface area contributed by atoms with E-state index >= 15 is 0 Å². The molecule has 0 bridgehead atoms. The summed E-state index contributed by atoms with van der Waals surface area (Å²) in [5.41, 5.74) is 1.04. The molecule has 0 aliphatic carbocycles. The molecule has 92 valence electrons. The van der Waals surface area contributed by atoms with Gasteiger partial charge in [0.2, 0.25) is 5.91 Å². The average Bonchev–Trinajstić information content (AvgIpc) is 2.72. The van der Waals surface area contributed by atoms with Crippen molar-refractivity contribution in [3.05, 3.63) is 17.6 Å². The number of carbonyl (C=O) groups is 1. The molecule has 2 rings (SSSR count). The number of hydrogen-bond donors (Lipinski definition) is 2. The molecule has 1 amide bonds. The highest BCUT2D eigenvalue weighted by atomic mass is 16.1. The molecule has 5 heteroatoms. The van der Waals surface area contributed by atoms with Crippen LogP contribution in [0.15, 0.2) is 6.07 Å². The first-order valence-corrected chi connectivity index (χ1v) is 6.05. The largest absolute Gasteiger partial charge is 0.368 e. The van der Waals surface area contributed by atoms with Crippen molar-refractivity contribution in [1.82, 2.24) is 15.3 Å². The monoisotopic (exact) mass is 234 g/mol.